The average molecular weight is 199 g/mol. The van der Waals surface area contributed by atoms with Crippen LogP contribution in [0.4, 0.5) is 0 Å². The van der Waals surface area contributed by atoms with E-state index < -0.39 is 9.84 Å². The lowest BCUT2D eigenvalue weighted by Gasteiger charge is -2.08. The van der Waals surface area contributed by atoms with E-state index >= 15 is 0 Å². The lowest BCUT2D eigenvalue weighted by Crippen LogP contribution is -2.15. The first kappa shape index (κ1) is 9.73. The molecule has 1 rings (SSSR count). The molecular formula is C8H9NO3S. The normalized spacial score (nSPS) is 19.5. The van der Waals surface area contributed by atoms with Crippen molar-refractivity contribution in [3.8, 4) is 0 Å². The van der Waals surface area contributed by atoms with Crippen LogP contribution in [0.5, 0.6) is 0 Å². The molecule has 0 unspecified atom stereocenters. The largest absolute Gasteiger partial charge is 0.352 e. The third-order valence-electron chi connectivity index (χ3n) is 1.31. The molecule has 0 spiro atoms. The van der Waals surface area contributed by atoms with Crippen LogP contribution in [0.3, 0.4) is 0 Å². The number of sulfone groups is 1. The van der Waals surface area contributed by atoms with Gasteiger partial charge < -0.3 is 5.32 Å². The smallest absolute Gasteiger partial charge is 0.170 e. The highest BCUT2D eigenvalue weighted by atomic mass is 32.2. The van der Waals surface area contributed by atoms with Crippen LogP contribution in [0, 0.1) is 0 Å². The summed E-state index contributed by atoms with van der Waals surface area (Å²) in [5, 5.41) is 3.72. The fraction of sp³-hybridized carbons (Fsp3) is 0.125. The summed E-state index contributed by atoms with van der Waals surface area (Å²) in [6.07, 6.45) is 6.46. The van der Waals surface area contributed by atoms with Gasteiger partial charge in [0.15, 0.2) is 16.1 Å². The van der Waals surface area contributed by atoms with Crippen LogP contribution in [0.1, 0.15) is 0 Å². The third-order valence-corrected chi connectivity index (χ3v) is 1.99. The molecular weight excluding hydrogens is 190 g/mol. The maximum atomic E-state index is 10.8. The second-order valence-electron chi connectivity index (χ2n) is 2.63. The summed E-state index contributed by atoms with van der Waals surface area (Å²) < 4.78 is 21.7. The lowest BCUT2D eigenvalue weighted by molar-refractivity contribution is -0.105. The Kier molecular flexibility index (Phi) is 2.67. The van der Waals surface area contributed by atoms with Gasteiger partial charge in [0.05, 0.1) is 11.1 Å². The van der Waals surface area contributed by atoms with Gasteiger partial charge >= 0.3 is 0 Å². The third kappa shape index (κ3) is 3.25. The summed E-state index contributed by atoms with van der Waals surface area (Å²) in [6, 6.07) is 0. The van der Waals surface area contributed by atoms with Crippen LogP contribution < -0.4 is 5.32 Å². The van der Waals surface area contributed by atoms with Gasteiger partial charge in [-0.1, -0.05) is 6.08 Å². The van der Waals surface area contributed by atoms with Gasteiger partial charge in [-0.15, -0.1) is 0 Å². The first-order valence-electron chi connectivity index (χ1n) is 3.53. The van der Waals surface area contributed by atoms with Crippen molar-refractivity contribution in [2.75, 3.05) is 6.26 Å². The van der Waals surface area contributed by atoms with E-state index in [1.54, 1.807) is 18.2 Å². The molecule has 1 aliphatic rings. The first-order valence-corrected chi connectivity index (χ1v) is 5.49. The van der Waals surface area contributed by atoms with Crippen molar-refractivity contribution in [1.82, 2.24) is 5.32 Å². The van der Waals surface area contributed by atoms with Gasteiger partial charge in [-0.3, -0.25) is 4.79 Å². The van der Waals surface area contributed by atoms with Crippen molar-refractivity contribution in [2.45, 2.75) is 0 Å². The molecule has 70 valence electrons. The number of carbonyl (C=O) groups is 1. The first-order chi connectivity index (χ1) is 6.01. The second-order valence-corrected chi connectivity index (χ2v) is 4.52. The highest BCUT2D eigenvalue weighted by Gasteiger charge is 2.04. The van der Waals surface area contributed by atoms with E-state index in [-0.39, 0.29) is 0 Å². The van der Waals surface area contributed by atoms with Crippen molar-refractivity contribution in [2.24, 2.45) is 0 Å². The molecule has 0 aromatic carbocycles. The lowest BCUT2D eigenvalue weighted by atomic mass is 10.3. The van der Waals surface area contributed by atoms with Crippen molar-refractivity contribution >= 4 is 16.1 Å². The Labute approximate surface area is 76.6 Å². The van der Waals surface area contributed by atoms with E-state index in [2.05, 4.69) is 5.32 Å². The molecule has 0 fully saturated rings. The molecule has 5 heteroatoms. The molecule has 1 aliphatic heterocycles. The van der Waals surface area contributed by atoms with E-state index in [0.29, 0.717) is 17.7 Å². The number of dihydropyridines is 1. The van der Waals surface area contributed by atoms with Gasteiger partial charge in [0, 0.05) is 12.0 Å². The number of hydrogen-bond acceptors (Lipinski definition) is 4. The highest BCUT2D eigenvalue weighted by molar-refractivity contribution is 7.93. The van der Waals surface area contributed by atoms with Gasteiger partial charge in [-0.2, -0.15) is 0 Å². The minimum atomic E-state index is -3.17. The molecule has 0 saturated carbocycles. The van der Waals surface area contributed by atoms with E-state index in [1.165, 1.54) is 0 Å². The van der Waals surface area contributed by atoms with Crippen LogP contribution in [0.2, 0.25) is 0 Å². The molecule has 1 heterocycles. The highest BCUT2D eigenvalue weighted by Crippen LogP contribution is 2.05. The Hall–Kier alpha value is -1.36. The number of nitrogens with one attached hydrogen (secondary N) is 1. The van der Waals surface area contributed by atoms with Gasteiger partial charge in [-0.25, -0.2) is 8.42 Å². The Balaban J connectivity index is 2.91. The number of rotatable bonds is 2. The van der Waals surface area contributed by atoms with Crippen LogP contribution in [-0.4, -0.2) is 21.0 Å². The van der Waals surface area contributed by atoms with Gasteiger partial charge in [0.1, 0.15) is 0 Å². The van der Waals surface area contributed by atoms with Crippen molar-refractivity contribution in [3.63, 3.8) is 0 Å². The fourth-order valence-corrected chi connectivity index (χ4v) is 1.47. The van der Waals surface area contributed by atoms with Crippen LogP contribution in [0.25, 0.3) is 0 Å². The minimum Gasteiger partial charge on any atom is -0.352 e. The van der Waals surface area contributed by atoms with Crippen molar-refractivity contribution in [3.05, 3.63) is 35.0 Å². The van der Waals surface area contributed by atoms with E-state index in [9.17, 15) is 13.2 Å². The van der Waals surface area contributed by atoms with Gasteiger partial charge in [0.2, 0.25) is 0 Å². The second kappa shape index (κ2) is 3.57. The van der Waals surface area contributed by atoms with Crippen molar-refractivity contribution in [1.29, 1.82) is 0 Å². The summed E-state index contributed by atoms with van der Waals surface area (Å²) in [5.41, 5.74) is 0.740. The molecule has 0 saturated heterocycles. The number of aldehydes is 1. The van der Waals surface area contributed by atoms with Crippen LogP contribution in [-0.2, 0) is 14.6 Å². The average Bonchev–Trinajstić information content (AvgIpc) is 2.01. The molecule has 13 heavy (non-hydrogen) atoms. The van der Waals surface area contributed by atoms with Crippen LogP contribution >= 0.6 is 0 Å². The molecule has 0 amide bonds. The Morgan fingerprint density at radius 3 is 2.69 bits per heavy atom. The topological polar surface area (TPSA) is 63.2 Å². The molecule has 1 N–H and O–H groups in total. The van der Waals surface area contributed by atoms with Gasteiger partial charge in [-0.05, 0) is 12.2 Å². The maximum Gasteiger partial charge on any atom is 0.170 e. The number of allylic oxidation sites excluding steroid dienone is 4. The predicted octanol–water partition coefficient (Wildman–Crippen LogP) is 0.115. The van der Waals surface area contributed by atoms with E-state index in [1.807, 2.05) is 0 Å². The summed E-state index contributed by atoms with van der Waals surface area (Å²) in [5.74, 6) is 0. The van der Waals surface area contributed by atoms with Crippen LogP contribution in [0.15, 0.2) is 35.0 Å². The fourth-order valence-electron chi connectivity index (χ4n) is 0.874. The zero-order valence-electron chi connectivity index (χ0n) is 7.02. The quantitative estimate of drug-likeness (QED) is 0.641. The summed E-state index contributed by atoms with van der Waals surface area (Å²) in [7, 11) is -3.17. The molecule has 0 bridgehead atoms. The SMILES string of the molecule is CS(=O)(=O)C=C1C=CC=C(C=O)N1. The molecule has 0 radical (unpaired) electrons. The number of hydrogen-bond donors (Lipinski definition) is 1. The van der Waals surface area contributed by atoms with E-state index in [0.717, 1.165) is 11.7 Å². The molecule has 0 aromatic heterocycles. The molecule has 4 nitrogen and oxygen atoms in total. The molecule has 0 aliphatic carbocycles. The molecule has 0 aromatic rings. The summed E-state index contributed by atoms with van der Waals surface area (Å²) in [6.45, 7) is 0. The molecule has 0 atom stereocenters. The minimum absolute atomic E-state index is 0.345. The Morgan fingerprint density at radius 1 is 1.46 bits per heavy atom. The van der Waals surface area contributed by atoms with E-state index in [4.69, 9.17) is 0 Å². The standard InChI is InChI=1S/C8H9NO3S/c1-13(11,12)6-8-4-2-3-7(5-10)9-8/h2-6,9H,1H3. The summed E-state index contributed by atoms with van der Waals surface area (Å²) >= 11 is 0. The number of carbonyl (C=O) groups excluding carboxylic acids is 1. The Morgan fingerprint density at radius 2 is 2.15 bits per heavy atom. The van der Waals surface area contributed by atoms with Crippen molar-refractivity contribution < 1.29 is 13.2 Å². The summed E-state index contributed by atoms with van der Waals surface area (Å²) in [4.78, 5) is 10.3. The van der Waals surface area contributed by atoms with Gasteiger partial charge in [0.25, 0.3) is 0 Å². The zero-order chi connectivity index (χ0) is 9.90. The monoisotopic (exact) mass is 199 g/mol. The maximum absolute atomic E-state index is 10.8. The predicted molar refractivity (Wildman–Crippen MR) is 49.3 cm³/mol. The Bertz CT molecular complexity index is 401. The zero-order valence-corrected chi connectivity index (χ0v) is 7.84.